The number of ether oxygens (including phenoxy) is 1. The molecule has 0 aliphatic carbocycles. The lowest BCUT2D eigenvalue weighted by Gasteiger charge is -2.35. The first-order valence-corrected chi connectivity index (χ1v) is 8.46. The molecule has 0 bridgehead atoms. The van der Waals surface area contributed by atoms with Gasteiger partial charge in [0.05, 0.1) is 11.9 Å². The molecule has 106 valence electrons. The standard InChI is InChI=1S/C12H23NO4S/c14-8-6-11-4-1-2-7-13(11)18(15,16)10-12-5-3-9-17-12/h11-12,14H,1-10H2. The van der Waals surface area contributed by atoms with Crippen molar-refractivity contribution in [1.29, 1.82) is 0 Å². The molecule has 0 radical (unpaired) electrons. The number of aliphatic hydroxyl groups is 1. The molecule has 0 aromatic carbocycles. The summed E-state index contributed by atoms with van der Waals surface area (Å²) in [5.41, 5.74) is 0. The number of aliphatic hydroxyl groups excluding tert-OH is 1. The lowest BCUT2D eigenvalue weighted by molar-refractivity contribution is 0.124. The van der Waals surface area contributed by atoms with Gasteiger partial charge in [-0.25, -0.2) is 8.42 Å². The van der Waals surface area contributed by atoms with Crippen molar-refractivity contribution in [1.82, 2.24) is 4.31 Å². The Morgan fingerprint density at radius 1 is 1.22 bits per heavy atom. The third-order valence-electron chi connectivity index (χ3n) is 3.81. The average Bonchev–Trinajstić information content (AvgIpc) is 2.82. The summed E-state index contributed by atoms with van der Waals surface area (Å²) in [4.78, 5) is 0. The lowest BCUT2D eigenvalue weighted by Crippen LogP contribution is -2.46. The van der Waals surface area contributed by atoms with Crippen molar-refractivity contribution in [2.75, 3.05) is 25.5 Å². The highest BCUT2D eigenvalue weighted by molar-refractivity contribution is 7.89. The minimum atomic E-state index is -3.24. The van der Waals surface area contributed by atoms with E-state index in [1.54, 1.807) is 4.31 Å². The zero-order valence-electron chi connectivity index (χ0n) is 10.8. The number of piperidine rings is 1. The molecule has 2 saturated heterocycles. The van der Waals surface area contributed by atoms with Crippen molar-refractivity contribution >= 4 is 10.0 Å². The smallest absolute Gasteiger partial charge is 0.216 e. The predicted octanol–water partition coefficient (Wildman–Crippen LogP) is 0.732. The van der Waals surface area contributed by atoms with Gasteiger partial charge in [-0.3, -0.25) is 0 Å². The minimum Gasteiger partial charge on any atom is -0.396 e. The number of rotatable bonds is 5. The first kappa shape index (κ1) is 14.2. The van der Waals surface area contributed by atoms with Crippen molar-refractivity contribution in [2.24, 2.45) is 0 Å². The molecule has 18 heavy (non-hydrogen) atoms. The molecule has 0 spiro atoms. The highest BCUT2D eigenvalue weighted by Crippen LogP contribution is 2.25. The summed E-state index contributed by atoms with van der Waals surface area (Å²) in [6.07, 6.45) is 5.06. The third kappa shape index (κ3) is 3.44. The van der Waals surface area contributed by atoms with Crippen molar-refractivity contribution in [3.63, 3.8) is 0 Å². The molecule has 2 rings (SSSR count). The molecule has 2 unspecified atom stereocenters. The summed E-state index contributed by atoms with van der Waals surface area (Å²) in [6, 6.07) is -0.0184. The Morgan fingerprint density at radius 3 is 2.72 bits per heavy atom. The van der Waals surface area contributed by atoms with Crippen LogP contribution in [-0.4, -0.2) is 55.5 Å². The van der Waals surface area contributed by atoms with Crippen molar-refractivity contribution in [3.8, 4) is 0 Å². The van der Waals surface area contributed by atoms with Crippen LogP contribution in [0.4, 0.5) is 0 Å². The van der Waals surface area contributed by atoms with Crippen molar-refractivity contribution in [2.45, 2.75) is 50.7 Å². The van der Waals surface area contributed by atoms with E-state index >= 15 is 0 Å². The van der Waals surface area contributed by atoms with Crippen LogP contribution in [0, 0.1) is 0 Å². The Kier molecular flexibility index (Phi) is 5.00. The van der Waals surface area contributed by atoms with Gasteiger partial charge in [-0.05, 0) is 32.1 Å². The van der Waals surface area contributed by atoms with Gasteiger partial charge < -0.3 is 9.84 Å². The molecule has 2 atom stereocenters. The Balaban J connectivity index is 2.01. The molecule has 5 nitrogen and oxygen atoms in total. The van der Waals surface area contributed by atoms with E-state index in [4.69, 9.17) is 9.84 Å². The molecule has 1 N–H and O–H groups in total. The van der Waals surface area contributed by atoms with Gasteiger partial charge >= 0.3 is 0 Å². The molecule has 0 amide bonds. The van der Waals surface area contributed by atoms with Gasteiger partial charge in [0.2, 0.25) is 10.0 Å². The summed E-state index contributed by atoms with van der Waals surface area (Å²) < 4.78 is 31.8. The predicted molar refractivity (Wildman–Crippen MR) is 68.8 cm³/mol. The Morgan fingerprint density at radius 2 is 2.06 bits per heavy atom. The van der Waals surface area contributed by atoms with E-state index in [9.17, 15) is 8.42 Å². The van der Waals surface area contributed by atoms with Gasteiger partial charge in [-0.2, -0.15) is 4.31 Å². The molecule has 2 heterocycles. The first-order valence-electron chi connectivity index (χ1n) is 6.85. The van der Waals surface area contributed by atoms with Crippen LogP contribution in [0.1, 0.15) is 38.5 Å². The quantitative estimate of drug-likeness (QED) is 0.804. The maximum absolute atomic E-state index is 12.4. The minimum absolute atomic E-state index is 0.0184. The van der Waals surface area contributed by atoms with E-state index in [0.29, 0.717) is 19.6 Å². The Bertz CT molecular complexity index is 349. The van der Waals surface area contributed by atoms with Crippen LogP contribution in [0.5, 0.6) is 0 Å². The van der Waals surface area contributed by atoms with Gasteiger partial charge in [0.1, 0.15) is 0 Å². The molecule has 2 aliphatic rings. The molecule has 2 aliphatic heterocycles. The van der Waals surface area contributed by atoms with Crippen LogP contribution in [0.15, 0.2) is 0 Å². The Labute approximate surface area is 109 Å². The second-order valence-electron chi connectivity index (χ2n) is 5.19. The van der Waals surface area contributed by atoms with Gasteiger partial charge in [-0.1, -0.05) is 6.42 Å². The highest BCUT2D eigenvalue weighted by atomic mass is 32.2. The van der Waals surface area contributed by atoms with Gasteiger partial charge in [0, 0.05) is 25.8 Å². The summed E-state index contributed by atoms with van der Waals surface area (Å²) in [5, 5.41) is 9.04. The lowest BCUT2D eigenvalue weighted by atomic mass is 10.0. The second kappa shape index (κ2) is 6.32. The third-order valence-corrected chi connectivity index (χ3v) is 5.80. The topological polar surface area (TPSA) is 66.8 Å². The van der Waals surface area contributed by atoms with Crippen LogP contribution in [0.25, 0.3) is 0 Å². The normalized spacial score (nSPS) is 30.7. The number of sulfonamides is 1. The van der Waals surface area contributed by atoms with Crippen molar-refractivity contribution in [3.05, 3.63) is 0 Å². The maximum Gasteiger partial charge on any atom is 0.216 e. The average molecular weight is 277 g/mol. The molecule has 0 saturated carbocycles. The van der Waals surface area contributed by atoms with Crippen LogP contribution >= 0.6 is 0 Å². The van der Waals surface area contributed by atoms with Crippen LogP contribution in [0.3, 0.4) is 0 Å². The second-order valence-corrected chi connectivity index (χ2v) is 7.15. The molecule has 0 aromatic heterocycles. The fourth-order valence-corrected chi connectivity index (χ4v) is 4.88. The highest BCUT2D eigenvalue weighted by Gasteiger charge is 2.34. The monoisotopic (exact) mass is 277 g/mol. The van der Waals surface area contributed by atoms with E-state index in [-0.39, 0.29) is 24.5 Å². The molecule has 2 fully saturated rings. The SMILES string of the molecule is O=S(=O)(CC1CCCO1)N1CCCCC1CCO. The maximum atomic E-state index is 12.4. The van der Waals surface area contributed by atoms with E-state index in [1.165, 1.54) is 0 Å². The zero-order chi connectivity index (χ0) is 13.0. The summed E-state index contributed by atoms with van der Waals surface area (Å²) in [6.45, 7) is 1.33. The van der Waals surface area contributed by atoms with Gasteiger partial charge in [-0.15, -0.1) is 0 Å². The van der Waals surface area contributed by atoms with Gasteiger partial charge in [0.15, 0.2) is 0 Å². The van der Waals surface area contributed by atoms with E-state index in [0.717, 1.165) is 32.1 Å². The molecular formula is C12H23NO4S. The van der Waals surface area contributed by atoms with Crippen molar-refractivity contribution < 1.29 is 18.3 Å². The van der Waals surface area contributed by atoms with E-state index in [2.05, 4.69) is 0 Å². The van der Waals surface area contributed by atoms with E-state index < -0.39 is 10.0 Å². The fourth-order valence-electron chi connectivity index (χ4n) is 2.88. The molecule has 6 heteroatoms. The van der Waals surface area contributed by atoms with E-state index in [1.807, 2.05) is 0 Å². The molecule has 0 aromatic rings. The summed E-state index contributed by atoms with van der Waals surface area (Å²) in [5.74, 6) is 0.106. The summed E-state index contributed by atoms with van der Waals surface area (Å²) in [7, 11) is -3.24. The Hall–Kier alpha value is -0.170. The number of nitrogens with zero attached hydrogens (tertiary/aromatic N) is 1. The van der Waals surface area contributed by atoms with Crippen LogP contribution in [-0.2, 0) is 14.8 Å². The van der Waals surface area contributed by atoms with Gasteiger partial charge in [0.25, 0.3) is 0 Å². The zero-order valence-corrected chi connectivity index (χ0v) is 11.6. The molecular weight excluding hydrogens is 254 g/mol. The summed E-state index contributed by atoms with van der Waals surface area (Å²) >= 11 is 0. The number of hydrogen-bond donors (Lipinski definition) is 1. The number of hydrogen-bond acceptors (Lipinski definition) is 4. The fraction of sp³-hybridized carbons (Fsp3) is 1.00. The largest absolute Gasteiger partial charge is 0.396 e. The first-order chi connectivity index (χ1) is 8.63. The van der Waals surface area contributed by atoms with Crippen LogP contribution in [0.2, 0.25) is 0 Å². The van der Waals surface area contributed by atoms with Crippen LogP contribution < -0.4 is 0 Å².